The molecule has 0 aromatic carbocycles. The Kier molecular flexibility index (Phi) is 4.91. The second-order valence-electron chi connectivity index (χ2n) is 5.91. The number of carbonyl (C=O) groups is 3. The van der Waals surface area contributed by atoms with Crippen LogP contribution in [0.3, 0.4) is 0 Å². The predicted molar refractivity (Wildman–Crippen MR) is 69.5 cm³/mol. The van der Waals surface area contributed by atoms with Gasteiger partial charge in [0.05, 0.1) is 5.41 Å². The lowest BCUT2D eigenvalue weighted by atomic mass is 9.89. The van der Waals surface area contributed by atoms with Crippen LogP contribution in [0.5, 0.6) is 0 Å². The molecule has 6 nitrogen and oxygen atoms in total. The summed E-state index contributed by atoms with van der Waals surface area (Å²) in [5, 5.41) is 11.2. The number of hydrogen-bond donors (Lipinski definition) is 2. The summed E-state index contributed by atoms with van der Waals surface area (Å²) in [6.45, 7) is 6.27. The normalized spacial score (nSPS) is 19.9. The Hall–Kier alpha value is -1.59. The summed E-state index contributed by atoms with van der Waals surface area (Å²) in [7, 11) is 0. The molecule has 0 bridgehead atoms. The third kappa shape index (κ3) is 4.54. The van der Waals surface area contributed by atoms with Gasteiger partial charge in [0.15, 0.2) is 0 Å². The van der Waals surface area contributed by atoms with Gasteiger partial charge in [-0.05, 0) is 32.6 Å². The molecular weight excluding hydrogens is 248 g/mol. The lowest BCUT2D eigenvalue weighted by Gasteiger charge is -2.31. The number of carboxylic acids is 1. The molecule has 2 N–H and O–H groups in total. The van der Waals surface area contributed by atoms with Crippen LogP contribution < -0.4 is 5.32 Å². The van der Waals surface area contributed by atoms with Crippen molar-refractivity contribution in [2.24, 2.45) is 11.3 Å². The van der Waals surface area contributed by atoms with Gasteiger partial charge >= 0.3 is 12.0 Å². The lowest BCUT2D eigenvalue weighted by Crippen LogP contribution is -2.48. The standard InChI is InChI=1S/C13H22N2O4/c1-9-5-4-6-15(8-9)12(19)14-10(16)7-13(2,3)11(17)18/h9H,4-8H2,1-3H3,(H,17,18)(H,14,16,19). The first-order valence-electron chi connectivity index (χ1n) is 6.54. The summed E-state index contributed by atoms with van der Waals surface area (Å²) in [6, 6.07) is -0.419. The van der Waals surface area contributed by atoms with Crippen LogP contribution in [0.25, 0.3) is 0 Å². The van der Waals surface area contributed by atoms with E-state index in [1.807, 2.05) is 0 Å². The highest BCUT2D eigenvalue weighted by Gasteiger charge is 2.31. The molecule has 0 aromatic rings. The Morgan fingerprint density at radius 1 is 1.37 bits per heavy atom. The molecule has 3 amide bonds. The van der Waals surface area contributed by atoms with Crippen molar-refractivity contribution in [3.05, 3.63) is 0 Å². The molecule has 19 heavy (non-hydrogen) atoms. The average molecular weight is 270 g/mol. The molecule has 0 aromatic heterocycles. The number of rotatable bonds is 3. The fourth-order valence-electron chi connectivity index (χ4n) is 2.09. The van der Waals surface area contributed by atoms with E-state index < -0.39 is 23.3 Å². The smallest absolute Gasteiger partial charge is 0.324 e. The monoisotopic (exact) mass is 270 g/mol. The van der Waals surface area contributed by atoms with Crippen LogP contribution in [0.2, 0.25) is 0 Å². The maximum atomic E-state index is 11.9. The Morgan fingerprint density at radius 3 is 2.53 bits per heavy atom. The number of imide groups is 1. The van der Waals surface area contributed by atoms with Crippen molar-refractivity contribution in [3.8, 4) is 0 Å². The average Bonchev–Trinajstić information content (AvgIpc) is 2.27. The van der Waals surface area contributed by atoms with Gasteiger partial charge in [-0.3, -0.25) is 14.9 Å². The fourth-order valence-corrected chi connectivity index (χ4v) is 2.09. The molecule has 0 saturated carbocycles. The van der Waals surface area contributed by atoms with E-state index in [2.05, 4.69) is 12.2 Å². The van der Waals surface area contributed by atoms with Crippen LogP contribution in [-0.4, -0.2) is 41.0 Å². The number of likely N-dealkylation sites (tertiary alicyclic amines) is 1. The highest BCUT2D eigenvalue weighted by Crippen LogP contribution is 2.20. The van der Waals surface area contributed by atoms with E-state index in [0.717, 1.165) is 12.8 Å². The first-order valence-corrected chi connectivity index (χ1v) is 6.54. The molecule has 1 saturated heterocycles. The van der Waals surface area contributed by atoms with E-state index in [0.29, 0.717) is 19.0 Å². The Balaban J connectivity index is 2.48. The van der Waals surface area contributed by atoms with E-state index in [1.165, 1.54) is 13.8 Å². The Bertz CT molecular complexity index is 379. The van der Waals surface area contributed by atoms with Gasteiger partial charge < -0.3 is 10.0 Å². The van der Waals surface area contributed by atoms with Crippen LogP contribution in [0.4, 0.5) is 4.79 Å². The van der Waals surface area contributed by atoms with Crippen LogP contribution >= 0.6 is 0 Å². The summed E-state index contributed by atoms with van der Waals surface area (Å²) < 4.78 is 0. The summed E-state index contributed by atoms with van der Waals surface area (Å²) in [6.07, 6.45) is 1.81. The van der Waals surface area contributed by atoms with Crippen LogP contribution in [0.1, 0.15) is 40.0 Å². The highest BCUT2D eigenvalue weighted by molar-refractivity contribution is 5.96. The predicted octanol–water partition coefficient (Wildman–Crippen LogP) is 1.46. The van der Waals surface area contributed by atoms with Crippen molar-refractivity contribution >= 4 is 17.9 Å². The Morgan fingerprint density at radius 2 is 2.00 bits per heavy atom. The van der Waals surface area contributed by atoms with Crippen molar-refractivity contribution in [3.63, 3.8) is 0 Å². The first-order chi connectivity index (χ1) is 8.72. The van der Waals surface area contributed by atoms with Gasteiger partial charge in [-0.1, -0.05) is 6.92 Å². The van der Waals surface area contributed by atoms with Gasteiger partial charge in [0, 0.05) is 19.5 Å². The zero-order chi connectivity index (χ0) is 14.6. The number of nitrogens with zero attached hydrogens (tertiary/aromatic N) is 1. The molecule has 6 heteroatoms. The molecule has 1 unspecified atom stereocenters. The molecule has 1 aliphatic heterocycles. The molecular formula is C13H22N2O4. The van der Waals surface area contributed by atoms with Crippen molar-refractivity contribution in [1.29, 1.82) is 0 Å². The number of aliphatic carboxylic acids is 1. The summed E-state index contributed by atoms with van der Waals surface area (Å²) in [5.41, 5.74) is -1.17. The second kappa shape index (κ2) is 6.04. The minimum atomic E-state index is -1.17. The zero-order valence-corrected chi connectivity index (χ0v) is 11.7. The summed E-state index contributed by atoms with van der Waals surface area (Å²) in [5.74, 6) is -1.16. The van der Waals surface area contributed by atoms with E-state index in [1.54, 1.807) is 4.90 Å². The SMILES string of the molecule is CC1CCCN(C(=O)NC(=O)CC(C)(C)C(=O)O)C1. The van der Waals surface area contributed by atoms with Gasteiger partial charge in [-0.2, -0.15) is 0 Å². The van der Waals surface area contributed by atoms with Crippen molar-refractivity contribution in [2.75, 3.05) is 13.1 Å². The number of piperidine rings is 1. The molecule has 1 atom stereocenters. The number of nitrogens with one attached hydrogen (secondary N) is 1. The second-order valence-corrected chi connectivity index (χ2v) is 5.91. The van der Waals surface area contributed by atoms with E-state index in [4.69, 9.17) is 5.11 Å². The number of urea groups is 1. The van der Waals surface area contributed by atoms with E-state index >= 15 is 0 Å². The molecule has 0 aliphatic carbocycles. The largest absolute Gasteiger partial charge is 0.481 e. The van der Waals surface area contributed by atoms with Gasteiger partial charge in [0.25, 0.3) is 0 Å². The zero-order valence-electron chi connectivity index (χ0n) is 11.7. The van der Waals surface area contributed by atoms with Crippen molar-refractivity contribution in [1.82, 2.24) is 10.2 Å². The minimum absolute atomic E-state index is 0.211. The molecule has 0 spiro atoms. The molecule has 1 fully saturated rings. The molecule has 1 heterocycles. The maximum Gasteiger partial charge on any atom is 0.324 e. The van der Waals surface area contributed by atoms with Gasteiger partial charge in [0.2, 0.25) is 5.91 Å². The molecule has 1 rings (SSSR count). The Labute approximate surface area is 113 Å². The number of carbonyl (C=O) groups excluding carboxylic acids is 2. The highest BCUT2D eigenvalue weighted by atomic mass is 16.4. The summed E-state index contributed by atoms with van der Waals surface area (Å²) in [4.78, 5) is 36.1. The number of amides is 3. The van der Waals surface area contributed by atoms with Crippen LogP contribution in [0, 0.1) is 11.3 Å². The first kappa shape index (κ1) is 15.5. The topological polar surface area (TPSA) is 86.7 Å². The summed E-state index contributed by atoms with van der Waals surface area (Å²) >= 11 is 0. The van der Waals surface area contributed by atoms with Gasteiger partial charge in [-0.15, -0.1) is 0 Å². The maximum absolute atomic E-state index is 11.9. The lowest BCUT2D eigenvalue weighted by molar-refractivity contribution is -0.149. The number of carboxylic acid groups (broad SMARTS) is 1. The quantitative estimate of drug-likeness (QED) is 0.812. The number of hydrogen-bond acceptors (Lipinski definition) is 3. The van der Waals surface area contributed by atoms with Gasteiger partial charge in [0.1, 0.15) is 0 Å². The van der Waals surface area contributed by atoms with Crippen LogP contribution in [0.15, 0.2) is 0 Å². The molecule has 0 radical (unpaired) electrons. The minimum Gasteiger partial charge on any atom is -0.481 e. The third-order valence-corrected chi connectivity index (χ3v) is 3.37. The van der Waals surface area contributed by atoms with Crippen LogP contribution in [-0.2, 0) is 9.59 Å². The molecule has 108 valence electrons. The third-order valence-electron chi connectivity index (χ3n) is 3.37. The van der Waals surface area contributed by atoms with Crippen molar-refractivity contribution < 1.29 is 19.5 Å². The van der Waals surface area contributed by atoms with Crippen molar-refractivity contribution in [2.45, 2.75) is 40.0 Å². The van der Waals surface area contributed by atoms with E-state index in [-0.39, 0.29) is 6.42 Å². The fraction of sp³-hybridized carbons (Fsp3) is 0.769. The molecule has 1 aliphatic rings. The van der Waals surface area contributed by atoms with E-state index in [9.17, 15) is 14.4 Å². The van der Waals surface area contributed by atoms with Gasteiger partial charge in [-0.25, -0.2) is 4.79 Å².